The lowest BCUT2D eigenvalue weighted by Gasteiger charge is -2.22. The van der Waals surface area contributed by atoms with Gasteiger partial charge in [-0.2, -0.15) is 0 Å². The van der Waals surface area contributed by atoms with E-state index in [2.05, 4.69) is 25.7 Å². The fraction of sp³-hybridized carbons (Fsp3) is 0.407. The van der Waals surface area contributed by atoms with Gasteiger partial charge in [0.25, 0.3) is 5.91 Å². The minimum atomic E-state index is -0.0438. The summed E-state index contributed by atoms with van der Waals surface area (Å²) >= 11 is 1.46. The lowest BCUT2D eigenvalue weighted by Crippen LogP contribution is -2.33. The zero-order valence-corrected chi connectivity index (χ0v) is 22.0. The smallest absolute Gasteiger partial charge is 0.260 e. The van der Waals surface area contributed by atoms with Crippen molar-refractivity contribution in [2.75, 3.05) is 46.3 Å². The number of amides is 1. The predicted octanol–water partition coefficient (Wildman–Crippen LogP) is 5.72. The monoisotopic (exact) mass is 481 g/mol. The molecule has 0 atom stereocenters. The molecule has 1 heterocycles. The molecule has 0 aliphatic carbocycles. The highest BCUT2D eigenvalue weighted by Gasteiger charge is 2.23. The number of carbonyl (C=O) groups is 1. The van der Waals surface area contributed by atoms with Gasteiger partial charge in [-0.15, -0.1) is 11.3 Å². The molecule has 3 rings (SSSR count). The molecule has 0 N–H and O–H groups in total. The van der Waals surface area contributed by atoms with Gasteiger partial charge < -0.3 is 14.4 Å². The van der Waals surface area contributed by atoms with Gasteiger partial charge in [0.2, 0.25) is 0 Å². The Morgan fingerprint density at radius 1 is 1.00 bits per heavy atom. The standard InChI is InChI=1S/C27H35N3O3S/c1-27(2,3)20-11-9-19(10-12-20)25(31)30(16-8-15-29(4)5)26-28-23(18-34-26)22-17-21(32-6)13-14-24(22)33-7/h9-14,17-18H,8,15-16H2,1-7H3. The van der Waals surface area contributed by atoms with Crippen LogP contribution >= 0.6 is 11.3 Å². The normalized spacial score (nSPS) is 11.5. The summed E-state index contributed by atoms with van der Waals surface area (Å²) in [7, 11) is 7.34. The molecule has 0 unspecified atom stereocenters. The number of hydrogen-bond acceptors (Lipinski definition) is 6. The van der Waals surface area contributed by atoms with E-state index in [1.165, 1.54) is 16.9 Å². The van der Waals surface area contributed by atoms with Crippen molar-refractivity contribution in [2.45, 2.75) is 32.6 Å². The molecule has 0 bridgehead atoms. The van der Waals surface area contributed by atoms with Gasteiger partial charge in [-0.05, 0) is 68.4 Å². The van der Waals surface area contributed by atoms with Gasteiger partial charge in [-0.1, -0.05) is 32.9 Å². The van der Waals surface area contributed by atoms with Crippen LogP contribution in [0.3, 0.4) is 0 Å². The fourth-order valence-corrected chi connectivity index (χ4v) is 4.47. The lowest BCUT2D eigenvalue weighted by atomic mass is 9.86. The van der Waals surface area contributed by atoms with E-state index in [0.717, 1.165) is 30.0 Å². The first-order valence-electron chi connectivity index (χ1n) is 11.4. The predicted molar refractivity (Wildman–Crippen MR) is 141 cm³/mol. The number of hydrogen-bond donors (Lipinski definition) is 0. The highest BCUT2D eigenvalue weighted by atomic mass is 32.1. The number of methoxy groups -OCH3 is 2. The van der Waals surface area contributed by atoms with Gasteiger partial charge in [0.1, 0.15) is 11.5 Å². The molecule has 1 aromatic heterocycles. The van der Waals surface area contributed by atoms with Gasteiger partial charge in [-0.25, -0.2) is 4.98 Å². The first kappa shape index (κ1) is 25.7. The summed E-state index contributed by atoms with van der Waals surface area (Å²) < 4.78 is 10.9. The van der Waals surface area contributed by atoms with E-state index >= 15 is 0 Å². The molecule has 6 nitrogen and oxygen atoms in total. The van der Waals surface area contributed by atoms with Crippen LogP contribution < -0.4 is 14.4 Å². The molecule has 0 fully saturated rings. The Kier molecular flexibility index (Phi) is 8.33. The van der Waals surface area contributed by atoms with Crippen LogP contribution in [0.15, 0.2) is 47.8 Å². The molecule has 34 heavy (non-hydrogen) atoms. The summed E-state index contributed by atoms with van der Waals surface area (Å²) in [6, 6.07) is 13.5. The molecule has 182 valence electrons. The fourth-order valence-electron chi connectivity index (χ4n) is 3.62. The summed E-state index contributed by atoms with van der Waals surface area (Å²) in [5, 5.41) is 2.63. The third kappa shape index (κ3) is 6.15. The largest absolute Gasteiger partial charge is 0.497 e. The summed E-state index contributed by atoms with van der Waals surface area (Å²) in [5.41, 5.74) is 3.48. The highest BCUT2D eigenvalue weighted by molar-refractivity contribution is 7.14. The zero-order valence-electron chi connectivity index (χ0n) is 21.2. The highest BCUT2D eigenvalue weighted by Crippen LogP contribution is 2.36. The van der Waals surface area contributed by atoms with E-state index in [4.69, 9.17) is 14.5 Å². The number of thiazole rings is 1. The quantitative estimate of drug-likeness (QED) is 0.391. The molecular formula is C27H35N3O3S. The number of anilines is 1. The first-order valence-corrected chi connectivity index (χ1v) is 12.3. The number of rotatable bonds is 9. The molecule has 2 aromatic carbocycles. The average Bonchev–Trinajstić information content (AvgIpc) is 3.30. The van der Waals surface area contributed by atoms with Crippen molar-refractivity contribution in [3.8, 4) is 22.8 Å². The van der Waals surface area contributed by atoms with Crippen LogP contribution in [-0.4, -0.2) is 57.2 Å². The lowest BCUT2D eigenvalue weighted by molar-refractivity contribution is 0.0986. The third-order valence-corrected chi connectivity index (χ3v) is 6.50. The van der Waals surface area contributed by atoms with Crippen LogP contribution in [0.2, 0.25) is 0 Å². The van der Waals surface area contributed by atoms with Crippen LogP contribution in [0.5, 0.6) is 11.5 Å². The Morgan fingerprint density at radius 3 is 2.29 bits per heavy atom. The maximum atomic E-state index is 13.6. The Bertz CT molecular complexity index is 1100. The van der Waals surface area contributed by atoms with Crippen molar-refractivity contribution in [2.24, 2.45) is 0 Å². The molecule has 0 radical (unpaired) electrons. The Labute approximate surface area is 207 Å². The van der Waals surface area contributed by atoms with Gasteiger partial charge in [0.15, 0.2) is 5.13 Å². The maximum absolute atomic E-state index is 13.6. The summed E-state index contributed by atoms with van der Waals surface area (Å²) in [6.45, 7) is 7.97. The van der Waals surface area contributed by atoms with Crippen molar-refractivity contribution in [1.82, 2.24) is 9.88 Å². The Hall–Kier alpha value is -2.90. The number of ether oxygens (including phenoxy) is 2. The van der Waals surface area contributed by atoms with E-state index in [-0.39, 0.29) is 11.3 Å². The second-order valence-electron chi connectivity index (χ2n) is 9.52. The number of carbonyl (C=O) groups excluding carboxylic acids is 1. The van der Waals surface area contributed by atoms with E-state index in [9.17, 15) is 4.79 Å². The second kappa shape index (κ2) is 11.0. The molecule has 0 saturated carbocycles. The molecule has 0 saturated heterocycles. The second-order valence-corrected chi connectivity index (χ2v) is 10.4. The summed E-state index contributed by atoms with van der Waals surface area (Å²) in [6.07, 6.45) is 0.843. The number of aromatic nitrogens is 1. The molecular weight excluding hydrogens is 446 g/mol. The summed E-state index contributed by atoms with van der Waals surface area (Å²) in [5.74, 6) is 1.39. The SMILES string of the molecule is COc1ccc(OC)c(-c2csc(N(CCCN(C)C)C(=O)c3ccc(C(C)(C)C)cc3)n2)c1. The van der Waals surface area contributed by atoms with E-state index in [1.807, 2.05) is 61.9 Å². The Balaban J connectivity index is 1.94. The van der Waals surface area contributed by atoms with Gasteiger partial charge in [0, 0.05) is 23.1 Å². The molecule has 0 aliphatic heterocycles. The molecule has 3 aromatic rings. The molecule has 0 spiro atoms. The summed E-state index contributed by atoms with van der Waals surface area (Å²) in [4.78, 5) is 22.3. The van der Waals surface area contributed by atoms with Crippen molar-refractivity contribution in [3.05, 3.63) is 59.0 Å². The van der Waals surface area contributed by atoms with Crippen LogP contribution in [0.4, 0.5) is 5.13 Å². The first-order chi connectivity index (χ1) is 16.1. The molecule has 0 aliphatic rings. The van der Waals surface area contributed by atoms with Crippen LogP contribution in [0, 0.1) is 0 Å². The minimum absolute atomic E-state index is 0.0347. The number of nitrogens with zero attached hydrogens (tertiary/aromatic N) is 3. The maximum Gasteiger partial charge on any atom is 0.260 e. The van der Waals surface area contributed by atoms with Gasteiger partial charge in [0.05, 0.1) is 19.9 Å². The van der Waals surface area contributed by atoms with Crippen molar-refractivity contribution >= 4 is 22.4 Å². The van der Waals surface area contributed by atoms with E-state index in [1.54, 1.807) is 19.1 Å². The molecule has 7 heteroatoms. The van der Waals surface area contributed by atoms with E-state index in [0.29, 0.717) is 23.0 Å². The van der Waals surface area contributed by atoms with Crippen molar-refractivity contribution < 1.29 is 14.3 Å². The van der Waals surface area contributed by atoms with Crippen molar-refractivity contribution in [1.29, 1.82) is 0 Å². The minimum Gasteiger partial charge on any atom is -0.497 e. The topological polar surface area (TPSA) is 54.9 Å². The van der Waals surface area contributed by atoms with Crippen LogP contribution in [-0.2, 0) is 5.41 Å². The van der Waals surface area contributed by atoms with Crippen LogP contribution in [0.1, 0.15) is 43.1 Å². The third-order valence-electron chi connectivity index (χ3n) is 5.64. The van der Waals surface area contributed by atoms with Crippen LogP contribution in [0.25, 0.3) is 11.3 Å². The zero-order chi connectivity index (χ0) is 24.9. The Morgan fingerprint density at radius 2 is 1.71 bits per heavy atom. The van der Waals surface area contributed by atoms with Gasteiger partial charge >= 0.3 is 0 Å². The van der Waals surface area contributed by atoms with Crippen molar-refractivity contribution in [3.63, 3.8) is 0 Å². The molecule has 1 amide bonds. The van der Waals surface area contributed by atoms with E-state index < -0.39 is 0 Å². The van der Waals surface area contributed by atoms with Gasteiger partial charge in [-0.3, -0.25) is 9.69 Å². The average molecular weight is 482 g/mol. The number of benzene rings is 2.